The molecule has 1 aromatic carbocycles. The normalized spacial score (nSPS) is 12.3. The second kappa shape index (κ2) is 6.05. The van der Waals surface area contributed by atoms with E-state index in [0.29, 0.717) is 16.9 Å². The van der Waals surface area contributed by atoms with E-state index in [9.17, 15) is 15.0 Å². The molecule has 2 heterocycles. The fourth-order valence-electron chi connectivity index (χ4n) is 2.57. The van der Waals surface area contributed by atoms with Crippen molar-refractivity contribution in [1.29, 1.82) is 0 Å². The van der Waals surface area contributed by atoms with Crippen LogP contribution in [0.15, 0.2) is 42.9 Å². The van der Waals surface area contributed by atoms with Crippen LogP contribution in [0.1, 0.15) is 27.5 Å². The lowest BCUT2D eigenvalue weighted by atomic mass is 10.1. The number of carbonyl (C=O) groups is 1. The van der Waals surface area contributed by atoms with Crippen molar-refractivity contribution < 1.29 is 15.0 Å². The number of aliphatic hydroxyl groups excluding tert-OH is 1. The summed E-state index contributed by atoms with van der Waals surface area (Å²) < 4.78 is 1.48. The van der Waals surface area contributed by atoms with E-state index < -0.39 is 5.97 Å². The van der Waals surface area contributed by atoms with Crippen molar-refractivity contribution in [3.05, 3.63) is 59.5 Å². The van der Waals surface area contributed by atoms with Crippen molar-refractivity contribution in [3.8, 4) is 0 Å². The minimum absolute atomic E-state index is 0.119. The third kappa shape index (κ3) is 2.74. The average Bonchev–Trinajstić information content (AvgIpc) is 2.91. The molecule has 0 saturated carbocycles. The highest BCUT2D eigenvalue weighted by Crippen LogP contribution is 2.26. The van der Waals surface area contributed by atoms with Crippen molar-refractivity contribution in [3.63, 3.8) is 0 Å². The molecule has 0 radical (unpaired) electrons. The largest absolute Gasteiger partial charge is 0.478 e. The molecule has 0 fully saturated rings. The molecule has 3 aromatic rings. The molecule has 7 heteroatoms. The summed E-state index contributed by atoms with van der Waals surface area (Å²) in [5.74, 6) is -0.534. The summed E-state index contributed by atoms with van der Waals surface area (Å²) in [4.78, 5) is 15.5. The number of nitrogens with zero attached hydrogens (tertiary/aromatic N) is 3. The van der Waals surface area contributed by atoms with Crippen LogP contribution in [-0.4, -0.2) is 37.4 Å². The zero-order chi connectivity index (χ0) is 16.4. The third-order valence-corrected chi connectivity index (χ3v) is 3.75. The van der Waals surface area contributed by atoms with Gasteiger partial charge >= 0.3 is 5.97 Å². The maximum atomic E-state index is 11.3. The summed E-state index contributed by atoms with van der Waals surface area (Å²) >= 11 is 0. The SMILES string of the molecule is Cc1c(C(=O)O)cn2ncnc(NC(CO)c3ccccc3)c12. The first-order valence-corrected chi connectivity index (χ1v) is 7.10. The summed E-state index contributed by atoms with van der Waals surface area (Å²) in [5.41, 5.74) is 2.24. The van der Waals surface area contributed by atoms with Gasteiger partial charge in [-0.1, -0.05) is 30.3 Å². The Morgan fingerprint density at radius 2 is 2.09 bits per heavy atom. The molecule has 3 rings (SSSR count). The number of benzene rings is 1. The topological polar surface area (TPSA) is 99.8 Å². The van der Waals surface area contributed by atoms with Crippen LogP contribution in [0.2, 0.25) is 0 Å². The van der Waals surface area contributed by atoms with Crippen LogP contribution in [0.25, 0.3) is 5.52 Å². The molecule has 1 unspecified atom stereocenters. The van der Waals surface area contributed by atoms with E-state index >= 15 is 0 Å². The van der Waals surface area contributed by atoms with Gasteiger partial charge in [0.05, 0.1) is 18.2 Å². The zero-order valence-electron chi connectivity index (χ0n) is 12.5. The van der Waals surface area contributed by atoms with Crippen molar-refractivity contribution >= 4 is 17.3 Å². The fourth-order valence-corrected chi connectivity index (χ4v) is 2.57. The van der Waals surface area contributed by atoms with Gasteiger partial charge in [0.15, 0.2) is 5.82 Å². The molecule has 2 aromatic heterocycles. The highest BCUT2D eigenvalue weighted by atomic mass is 16.4. The van der Waals surface area contributed by atoms with Crippen LogP contribution < -0.4 is 5.32 Å². The number of aryl methyl sites for hydroxylation is 1. The van der Waals surface area contributed by atoms with E-state index in [0.717, 1.165) is 5.56 Å². The number of aliphatic hydroxyl groups is 1. The summed E-state index contributed by atoms with van der Waals surface area (Å²) in [5, 5.41) is 26.1. The molecule has 0 aliphatic rings. The monoisotopic (exact) mass is 312 g/mol. The molecule has 3 N–H and O–H groups in total. The van der Waals surface area contributed by atoms with E-state index in [-0.39, 0.29) is 18.2 Å². The number of aromatic carboxylic acids is 1. The van der Waals surface area contributed by atoms with E-state index in [2.05, 4.69) is 15.4 Å². The van der Waals surface area contributed by atoms with Crippen LogP contribution in [0, 0.1) is 6.92 Å². The number of aromatic nitrogens is 3. The lowest BCUT2D eigenvalue weighted by molar-refractivity contribution is 0.0696. The molecule has 0 bridgehead atoms. The Morgan fingerprint density at radius 3 is 2.74 bits per heavy atom. The van der Waals surface area contributed by atoms with Crippen LogP contribution in [0.4, 0.5) is 5.82 Å². The third-order valence-electron chi connectivity index (χ3n) is 3.75. The van der Waals surface area contributed by atoms with Gasteiger partial charge in [-0.2, -0.15) is 5.10 Å². The zero-order valence-corrected chi connectivity index (χ0v) is 12.5. The van der Waals surface area contributed by atoms with Gasteiger partial charge in [0.25, 0.3) is 0 Å². The number of fused-ring (bicyclic) bond motifs is 1. The standard InChI is InChI=1S/C16H16N4O3/c1-10-12(16(22)23)7-20-14(10)15(17-9-18-20)19-13(8-21)11-5-3-2-4-6-11/h2-7,9,13,21H,8H2,1H3,(H,22,23)(H,17,18,19). The molecule has 118 valence electrons. The van der Waals surface area contributed by atoms with Crippen LogP contribution in [0.5, 0.6) is 0 Å². The summed E-state index contributed by atoms with van der Waals surface area (Å²) in [6.07, 6.45) is 2.80. The summed E-state index contributed by atoms with van der Waals surface area (Å²) in [7, 11) is 0. The number of carboxylic acids is 1. The maximum Gasteiger partial charge on any atom is 0.337 e. The van der Waals surface area contributed by atoms with Crippen molar-refractivity contribution in [2.75, 3.05) is 11.9 Å². The molecule has 0 aliphatic carbocycles. The van der Waals surface area contributed by atoms with Gasteiger partial charge in [0, 0.05) is 6.20 Å². The number of nitrogens with one attached hydrogen (secondary N) is 1. The number of hydrogen-bond donors (Lipinski definition) is 3. The Kier molecular flexibility index (Phi) is 3.94. The van der Waals surface area contributed by atoms with Crippen molar-refractivity contribution in [2.24, 2.45) is 0 Å². The van der Waals surface area contributed by atoms with Crippen molar-refractivity contribution in [2.45, 2.75) is 13.0 Å². The highest BCUT2D eigenvalue weighted by molar-refractivity contribution is 5.93. The minimum atomic E-state index is -1.01. The van der Waals surface area contributed by atoms with Crippen LogP contribution in [0.3, 0.4) is 0 Å². The minimum Gasteiger partial charge on any atom is -0.478 e. The number of carboxylic acid groups (broad SMARTS) is 1. The molecule has 23 heavy (non-hydrogen) atoms. The molecule has 0 saturated heterocycles. The Labute approximate surface area is 132 Å². The van der Waals surface area contributed by atoms with E-state index in [1.807, 2.05) is 30.3 Å². The fraction of sp³-hybridized carbons (Fsp3) is 0.188. The Morgan fingerprint density at radius 1 is 1.35 bits per heavy atom. The quantitative estimate of drug-likeness (QED) is 0.665. The van der Waals surface area contributed by atoms with E-state index in [1.54, 1.807) is 6.92 Å². The first-order chi connectivity index (χ1) is 11.1. The smallest absolute Gasteiger partial charge is 0.337 e. The average molecular weight is 312 g/mol. The first-order valence-electron chi connectivity index (χ1n) is 7.10. The highest BCUT2D eigenvalue weighted by Gasteiger charge is 2.19. The molecular formula is C16H16N4O3. The van der Waals surface area contributed by atoms with Gasteiger partial charge in [-0.3, -0.25) is 0 Å². The molecule has 7 nitrogen and oxygen atoms in total. The first kappa shape index (κ1) is 15.0. The van der Waals surface area contributed by atoms with Crippen LogP contribution >= 0.6 is 0 Å². The number of hydrogen-bond acceptors (Lipinski definition) is 5. The van der Waals surface area contributed by atoms with E-state index in [4.69, 9.17) is 0 Å². The maximum absolute atomic E-state index is 11.3. The molecule has 1 atom stereocenters. The second-order valence-electron chi connectivity index (χ2n) is 5.16. The molecular weight excluding hydrogens is 296 g/mol. The lowest BCUT2D eigenvalue weighted by Crippen LogP contribution is -2.16. The Hall–Kier alpha value is -2.93. The summed E-state index contributed by atoms with van der Waals surface area (Å²) in [6, 6.07) is 9.13. The Bertz CT molecular complexity index is 845. The lowest BCUT2D eigenvalue weighted by Gasteiger charge is -2.18. The van der Waals surface area contributed by atoms with Gasteiger partial charge in [-0.15, -0.1) is 0 Å². The van der Waals surface area contributed by atoms with E-state index in [1.165, 1.54) is 17.0 Å². The number of rotatable bonds is 5. The summed E-state index contributed by atoms with van der Waals surface area (Å²) in [6.45, 7) is 1.59. The van der Waals surface area contributed by atoms with Gasteiger partial charge < -0.3 is 15.5 Å². The van der Waals surface area contributed by atoms with Gasteiger partial charge in [0.2, 0.25) is 0 Å². The van der Waals surface area contributed by atoms with Gasteiger partial charge in [-0.05, 0) is 18.1 Å². The predicted molar refractivity (Wildman–Crippen MR) is 84.6 cm³/mol. The number of anilines is 1. The van der Waals surface area contributed by atoms with Gasteiger partial charge in [0.1, 0.15) is 11.8 Å². The molecule has 0 spiro atoms. The molecule has 0 aliphatic heterocycles. The van der Waals surface area contributed by atoms with Crippen LogP contribution in [-0.2, 0) is 0 Å². The second-order valence-corrected chi connectivity index (χ2v) is 5.16. The predicted octanol–water partition coefficient (Wildman–Crippen LogP) is 1.88. The Balaban J connectivity index is 2.04. The molecule has 0 amide bonds. The van der Waals surface area contributed by atoms with Gasteiger partial charge in [-0.25, -0.2) is 14.3 Å². The van der Waals surface area contributed by atoms with Crippen molar-refractivity contribution in [1.82, 2.24) is 14.6 Å².